The molecular weight excluding hydrogens is 310 g/mol. The Bertz CT molecular complexity index is 570. The molecule has 1 rings (SSSR count). The number of carboxylic acid groups (broad SMARTS) is 1. The molecule has 1 heterocycles. The minimum absolute atomic E-state index is 0.0350. The molecular formula is C14H23NO4S2. The van der Waals surface area contributed by atoms with Gasteiger partial charge < -0.3 is 5.11 Å². The molecule has 1 N–H and O–H groups in total. The summed E-state index contributed by atoms with van der Waals surface area (Å²) in [6.45, 7) is 6.53. The first-order valence-corrected chi connectivity index (χ1v) is 9.49. The lowest BCUT2D eigenvalue weighted by molar-refractivity contribution is 0.0698. The van der Waals surface area contributed by atoms with Gasteiger partial charge in [0.2, 0.25) is 10.0 Å². The second kappa shape index (κ2) is 7.91. The maximum absolute atomic E-state index is 12.8. The van der Waals surface area contributed by atoms with Crippen LogP contribution in [0.4, 0.5) is 0 Å². The van der Waals surface area contributed by atoms with Crippen LogP contribution in [0.3, 0.4) is 0 Å². The molecule has 0 atom stereocenters. The molecule has 0 radical (unpaired) electrons. The van der Waals surface area contributed by atoms with Crippen molar-refractivity contribution in [2.75, 3.05) is 13.1 Å². The fourth-order valence-corrected chi connectivity index (χ4v) is 5.15. The van der Waals surface area contributed by atoms with Gasteiger partial charge in [0.1, 0.15) is 9.77 Å². The normalized spacial score (nSPS) is 12.0. The van der Waals surface area contributed by atoms with Crippen molar-refractivity contribution in [3.8, 4) is 0 Å². The average Bonchev–Trinajstić information content (AvgIpc) is 2.81. The van der Waals surface area contributed by atoms with E-state index < -0.39 is 16.0 Å². The number of nitrogens with zero attached hydrogens (tertiary/aromatic N) is 1. The summed E-state index contributed by atoms with van der Waals surface area (Å²) < 4.78 is 27.1. The summed E-state index contributed by atoms with van der Waals surface area (Å²) in [5.41, 5.74) is 0.510. The summed E-state index contributed by atoms with van der Waals surface area (Å²) in [6.07, 6.45) is 3.34. The van der Waals surface area contributed by atoms with E-state index in [1.807, 2.05) is 13.8 Å². The predicted octanol–water partition coefficient (Wildman–Crippen LogP) is 3.35. The predicted molar refractivity (Wildman–Crippen MR) is 84.6 cm³/mol. The molecule has 0 aliphatic rings. The second-order valence-electron chi connectivity index (χ2n) is 4.99. The van der Waals surface area contributed by atoms with Gasteiger partial charge in [-0.2, -0.15) is 4.31 Å². The molecule has 0 unspecified atom stereocenters. The number of aryl methyl sites for hydroxylation is 1. The summed E-state index contributed by atoms with van der Waals surface area (Å²) in [5, 5.41) is 10.8. The van der Waals surface area contributed by atoms with Crippen molar-refractivity contribution in [3.05, 3.63) is 15.8 Å². The highest BCUT2D eigenvalue weighted by atomic mass is 32.2. The molecule has 7 heteroatoms. The average molecular weight is 333 g/mol. The number of aromatic carboxylic acids is 1. The van der Waals surface area contributed by atoms with Gasteiger partial charge in [0.15, 0.2) is 0 Å². The molecule has 0 saturated heterocycles. The van der Waals surface area contributed by atoms with Gasteiger partial charge in [-0.1, -0.05) is 26.7 Å². The summed E-state index contributed by atoms with van der Waals surface area (Å²) >= 11 is 0.971. The molecule has 5 nitrogen and oxygen atoms in total. The summed E-state index contributed by atoms with van der Waals surface area (Å²) in [5.74, 6) is -1.18. The van der Waals surface area contributed by atoms with E-state index in [2.05, 4.69) is 0 Å². The van der Waals surface area contributed by atoms with Gasteiger partial charge >= 0.3 is 5.97 Å². The Kier molecular flexibility index (Phi) is 6.83. The molecule has 0 aliphatic heterocycles. The van der Waals surface area contributed by atoms with Crippen molar-refractivity contribution in [1.29, 1.82) is 0 Å². The molecule has 0 amide bonds. The first kappa shape index (κ1) is 18.1. The molecule has 0 aromatic carbocycles. The van der Waals surface area contributed by atoms with E-state index in [-0.39, 0.29) is 9.77 Å². The van der Waals surface area contributed by atoms with Crippen molar-refractivity contribution in [2.24, 2.45) is 0 Å². The first-order valence-electron chi connectivity index (χ1n) is 7.17. The minimum atomic E-state index is -3.75. The van der Waals surface area contributed by atoms with Crippen molar-refractivity contribution >= 4 is 27.3 Å². The van der Waals surface area contributed by atoms with E-state index in [1.54, 1.807) is 12.3 Å². The van der Waals surface area contributed by atoms with Crippen LogP contribution in [-0.2, 0) is 10.0 Å². The highest BCUT2D eigenvalue weighted by Gasteiger charge is 2.31. The molecule has 0 fully saturated rings. The molecule has 0 saturated carbocycles. The van der Waals surface area contributed by atoms with Crippen LogP contribution in [0.2, 0.25) is 0 Å². The number of carbonyl (C=O) groups is 1. The van der Waals surface area contributed by atoms with Crippen LogP contribution in [-0.4, -0.2) is 36.9 Å². The third kappa shape index (κ3) is 4.28. The number of hydrogen-bond donors (Lipinski definition) is 1. The van der Waals surface area contributed by atoms with Gasteiger partial charge in [-0.15, -0.1) is 11.3 Å². The molecule has 0 spiro atoms. The van der Waals surface area contributed by atoms with Crippen molar-refractivity contribution in [3.63, 3.8) is 0 Å². The monoisotopic (exact) mass is 333 g/mol. The van der Waals surface area contributed by atoms with Crippen LogP contribution in [0.15, 0.2) is 10.3 Å². The molecule has 120 valence electrons. The standard InChI is InChI=1S/C14H23NO4S2/c1-4-6-8-15(9-7-5-2)21(18,19)13-11(3)10-20-12(13)14(16)17/h10H,4-9H2,1-3H3,(H,16,17). The van der Waals surface area contributed by atoms with E-state index in [4.69, 9.17) is 0 Å². The largest absolute Gasteiger partial charge is 0.477 e. The van der Waals surface area contributed by atoms with Crippen LogP contribution >= 0.6 is 11.3 Å². The van der Waals surface area contributed by atoms with Gasteiger partial charge in [0.05, 0.1) is 0 Å². The third-order valence-electron chi connectivity index (χ3n) is 3.23. The van der Waals surface area contributed by atoms with E-state index in [9.17, 15) is 18.3 Å². The molecule has 0 aliphatic carbocycles. The van der Waals surface area contributed by atoms with Crippen LogP contribution in [0.5, 0.6) is 0 Å². The number of hydrogen-bond acceptors (Lipinski definition) is 4. The minimum Gasteiger partial charge on any atom is -0.477 e. The Hall–Kier alpha value is -0.920. The molecule has 21 heavy (non-hydrogen) atoms. The van der Waals surface area contributed by atoms with Crippen molar-refractivity contribution in [2.45, 2.75) is 51.3 Å². The maximum Gasteiger partial charge on any atom is 0.347 e. The van der Waals surface area contributed by atoms with E-state index in [0.29, 0.717) is 18.7 Å². The van der Waals surface area contributed by atoms with Gasteiger partial charge in [0.25, 0.3) is 0 Å². The molecule has 1 aromatic heterocycles. The Morgan fingerprint density at radius 3 is 2.19 bits per heavy atom. The zero-order chi connectivity index (χ0) is 16.0. The highest BCUT2D eigenvalue weighted by molar-refractivity contribution is 7.89. The lowest BCUT2D eigenvalue weighted by atomic mass is 10.3. The van der Waals surface area contributed by atoms with Gasteiger partial charge in [0, 0.05) is 13.1 Å². The number of carboxylic acids is 1. The Morgan fingerprint density at radius 2 is 1.76 bits per heavy atom. The SMILES string of the molecule is CCCCN(CCCC)S(=O)(=O)c1c(C)csc1C(=O)O. The second-order valence-corrected chi connectivity index (χ2v) is 7.75. The fraction of sp³-hybridized carbons (Fsp3) is 0.643. The highest BCUT2D eigenvalue weighted by Crippen LogP contribution is 2.30. The summed E-state index contributed by atoms with van der Waals surface area (Å²) in [6, 6.07) is 0. The Balaban J connectivity index is 3.21. The van der Waals surface area contributed by atoms with Gasteiger partial charge in [-0.25, -0.2) is 13.2 Å². The number of sulfonamides is 1. The lowest BCUT2D eigenvalue weighted by Crippen LogP contribution is -2.34. The number of rotatable bonds is 9. The lowest BCUT2D eigenvalue weighted by Gasteiger charge is -2.22. The number of unbranched alkanes of at least 4 members (excludes halogenated alkanes) is 2. The van der Waals surface area contributed by atoms with Crippen LogP contribution < -0.4 is 0 Å². The zero-order valence-electron chi connectivity index (χ0n) is 12.8. The third-order valence-corrected chi connectivity index (χ3v) is 6.53. The van der Waals surface area contributed by atoms with Crippen LogP contribution in [0, 0.1) is 6.92 Å². The topological polar surface area (TPSA) is 74.7 Å². The summed E-state index contributed by atoms with van der Waals surface area (Å²) in [4.78, 5) is 11.1. The molecule has 1 aromatic rings. The molecule has 0 bridgehead atoms. The number of thiophene rings is 1. The first-order chi connectivity index (χ1) is 9.86. The smallest absolute Gasteiger partial charge is 0.347 e. The summed E-state index contributed by atoms with van der Waals surface area (Å²) in [7, 11) is -3.75. The van der Waals surface area contributed by atoms with Crippen LogP contribution in [0.1, 0.15) is 54.8 Å². The van der Waals surface area contributed by atoms with Gasteiger partial charge in [-0.3, -0.25) is 0 Å². The maximum atomic E-state index is 12.8. The van der Waals surface area contributed by atoms with Gasteiger partial charge in [-0.05, 0) is 30.7 Å². The van der Waals surface area contributed by atoms with E-state index in [0.717, 1.165) is 37.0 Å². The Labute approximate surface area is 130 Å². The quantitative estimate of drug-likeness (QED) is 0.752. The Morgan fingerprint density at radius 1 is 1.24 bits per heavy atom. The van der Waals surface area contributed by atoms with Crippen molar-refractivity contribution in [1.82, 2.24) is 4.31 Å². The van der Waals surface area contributed by atoms with Crippen LogP contribution in [0.25, 0.3) is 0 Å². The van der Waals surface area contributed by atoms with Crippen molar-refractivity contribution < 1.29 is 18.3 Å². The van der Waals surface area contributed by atoms with E-state index >= 15 is 0 Å². The zero-order valence-corrected chi connectivity index (χ0v) is 14.4. The van der Waals surface area contributed by atoms with E-state index in [1.165, 1.54) is 4.31 Å². The fourth-order valence-electron chi connectivity index (χ4n) is 2.05.